The highest BCUT2D eigenvalue weighted by atomic mass is 16.7. The van der Waals surface area contributed by atoms with Gasteiger partial charge in [-0.3, -0.25) is 9.59 Å². The van der Waals surface area contributed by atoms with Crippen LogP contribution in [0.4, 0.5) is 0 Å². The lowest BCUT2D eigenvalue weighted by Crippen LogP contribution is -2.44. The first-order valence-electron chi connectivity index (χ1n) is 37.3. The Kier molecular flexibility index (Phi) is 68.3. The molecule has 526 valence electrons. The van der Waals surface area contributed by atoms with Crippen molar-refractivity contribution in [1.29, 1.82) is 0 Å². The largest absolute Gasteiger partial charge is 0.545 e. The van der Waals surface area contributed by atoms with Gasteiger partial charge in [0.25, 0.3) is 0 Å². The number of allylic oxidation sites excluding steroid dienone is 28. The van der Waals surface area contributed by atoms with E-state index in [2.05, 4.69) is 184 Å². The van der Waals surface area contributed by atoms with E-state index in [1.807, 2.05) is 21.1 Å². The standard InChI is InChI=1S/C84H137NO8/c1-6-8-10-12-14-16-18-20-22-24-26-28-30-32-34-36-37-38-39-40-41-42-43-44-45-47-49-51-53-55-57-59-61-63-65-67-69-71-73-75-82(87)93-80(79-92-84(83(88)89)90-77-76-85(3,4)5)78-91-81(86)74-72-70-68-66-64-62-60-58-56-54-52-50-48-46-35-33-31-29-27-25-23-21-19-17-15-13-11-9-7-2/h8-11,14-17,20-23,26-29,32-35,37-38,40-41,43-44,47,49,80,84H,6-7,12-13,18-19,24-25,30-31,36,39,42,45-46,48,50-79H2,1-5H3/b10-8-,11-9-,16-14-,17-15-,22-20-,23-21-,28-26-,29-27-,34-32-,35-33-,38-37-,41-40-,44-43-,49-47-. The average molecular weight is 1290 g/mol. The maximum atomic E-state index is 13.0. The average Bonchev–Trinajstić information content (AvgIpc) is 3.38. The number of carboxylic acids is 1. The van der Waals surface area contributed by atoms with E-state index in [1.54, 1.807) is 0 Å². The lowest BCUT2D eigenvalue weighted by molar-refractivity contribution is -0.870. The highest BCUT2D eigenvalue weighted by Gasteiger charge is 2.22. The molecular weight excluding hydrogens is 1150 g/mol. The number of hydrogen-bond donors (Lipinski definition) is 0. The van der Waals surface area contributed by atoms with Crippen LogP contribution in [0.1, 0.15) is 284 Å². The molecule has 9 heteroatoms. The molecule has 0 aromatic heterocycles. The van der Waals surface area contributed by atoms with Crippen LogP contribution in [0, 0.1) is 0 Å². The van der Waals surface area contributed by atoms with Crippen molar-refractivity contribution in [2.24, 2.45) is 0 Å². The minimum atomic E-state index is -1.63. The van der Waals surface area contributed by atoms with E-state index in [0.29, 0.717) is 17.4 Å². The zero-order chi connectivity index (χ0) is 67.5. The Bertz CT molecular complexity index is 2140. The summed E-state index contributed by atoms with van der Waals surface area (Å²) in [5, 5.41) is 11.8. The second-order valence-electron chi connectivity index (χ2n) is 25.5. The predicted octanol–water partition coefficient (Wildman–Crippen LogP) is 22.5. The van der Waals surface area contributed by atoms with Gasteiger partial charge in [-0.15, -0.1) is 0 Å². The van der Waals surface area contributed by atoms with Crippen molar-refractivity contribution < 1.29 is 42.9 Å². The number of hydrogen-bond acceptors (Lipinski definition) is 8. The third kappa shape index (κ3) is 73.9. The van der Waals surface area contributed by atoms with E-state index in [4.69, 9.17) is 18.9 Å². The van der Waals surface area contributed by atoms with Crippen LogP contribution in [0.15, 0.2) is 170 Å². The number of carboxylic acid groups (broad SMARTS) is 1. The second kappa shape index (κ2) is 72.5. The number of likely N-dealkylation sites (N-methyl/N-ethyl adjacent to an activating group) is 1. The maximum absolute atomic E-state index is 13.0. The van der Waals surface area contributed by atoms with Crippen LogP contribution in [0.5, 0.6) is 0 Å². The van der Waals surface area contributed by atoms with Crippen LogP contribution in [0.3, 0.4) is 0 Å². The number of rotatable bonds is 67. The zero-order valence-corrected chi connectivity index (χ0v) is 60.1. The number of ether oxygens (including phenoxy) is 4. The molecule has 0 heterocycles. The summed E-state index contributed by atoms with van der Waals surface area (Å²) in [4.78, 5) is 37.6. The number of quaternary nitrogens is 1. The summed E-state index contributed by atoms with van der Waals surface area (Å²) in [6.07, 6.45) is 106. The Hall–Kier alpha value is -5.35. The van der Waals surface area contributed by atoms with Gasteiger partial charge in [-0.1, -0.05) is 312 Å². The van der Waals surface area contributed by atoms with Gasteiger partial charge in [-0.2, -0.15) is 0 Å². The summed E-state index contributed by atoms with van der Waals surface area (Å²) in [6, 6.07) is 0. The molecule has 9 nitrogen and oxygen atoms in total. The van der Waals surface area contributed by atoms with Crippen LogP contribution in [-0.2, 0) is 33.3 Å². The zero-order valence-electron chi connectivity index (χ0n) is 60.1. The molecule has 0 spiro atoms. The second-order valence-corrected chi connectivity index (χ2v) is 25.5. The molecule has 0 amide bonds. The molecule has 0 saturated carbocycles. The van der Waals surface area contributed by atoms with Crippen LogP contribution in [-0.4, -0.2) is 82.3 Å². The molecular formula is C84H137NO8. The molecule has 93 heavy (non-hydrogen) atoms. The number of carbonyl (C=O) groups excluding carboxylic acids is 3. The number of carbonyl (C=O) groups is 3. The Morgan fingerprint density at radius 3 is 0.860 bits per heavy atom. The van der Waals surface area contributed by atoms with E-state index >= 15 is 0 Å². The van der Waals surface area contributed by atoms with Gasteiger partial charge < -0.3 is 33.3 Å². The van der Waals surface area contributed by atoms with Crippen molar-refractivity contribution in [3.05, 3.63) is 170 Å². The van der Waals surface area contributed by atoms with E-state index < -0.39 is 24.3 Å². The number of esters is 2. The number of unbranched alkanes of at least 4 members (excludes halogenated alkanes) is 24. The monoisotopic (exact) mass is 1290 g/mol. The summed E-state index contributed by atoms with van der Waals surface area (Å²) in [5.74, 6) is -2.30. The molecule has 0 aromatic rings. The predicted molar refractivity (Wildman–Crippen MR) is 398 cm³/mol. The van der Waals surface area contributed by atoms with Crippen molar-refractivity contribution in [2.75, 3.05) is 47.5 Å². The lowest BCUT2D eigenvalue weighted by Gasteiger charge is -2.26. The Morgan fingerprint density at radius 1 is 0.323 bits per heavy atom. The maximum Gasteiger partial charge on any atom is 0.306 e. The molecule has 0 aliphatic rings. The van der Waals surface area contributed by atoms with Crippen molar-refractivity contribution in [1.82, 2.24) is 0 Å². The Labute approximate surface area is 571 Å². The molecule has 0 fully saturated rings. The topological polar surface area (TPSA) is 111 Å². The Balaban J connectivity index is 4.14. The summed E-state index contributed by atoms with van der Waals surface area (Å²) in [5.41, 5.74) is 0. The third-order valence-electron chi connectivity index (χ3n) is 15.5. The first kappa shape index (κ1) is 87.7. The first-order chi connectivity index (χ1) is 45.6. The summed E-state index contributed by atoms with van der Waals surface area (Å²) in [7, 11) is 5.92. The molecule has 0 radical (unpaired) electrons. The quantitative estimate of drug-likeness (QED) is 0.0195. The third-order valence-corrected chi connectivity index (χ3v) is 15.5. The SMILES string of the molecule is CC/C=C\C/C=C\C/C=C\C/C=C\C/C=C\C/C=C\C/C=C\C/C=C\C/C=C\CCCCCCCCCCCCCC(=O)OC(COC(=O)CCCCCCCCCCCCCCC/C=C\C/C=C\C/C=C\C/C=C\C/C=C\CC)COC(OCC[N+](C)(C)C)C(=O)[O-]. The smallest absolute Gasteiger partial charge is 0.306 e. The minimum absolute atomic E-state index is 0.140. The van der Waals surface area contributed by atoms with Crippen LogP contribution < -0.4 is 5.11 Å². The summed E-state index contributed by atoms with van der Waals surface area (Å²) >= 11 is 0. The van der Waals surface area contributed by atoms with Crippen molar-refractivity contribution >= 4 is 17.9 Å². The van der Waals surface area contributed by atoms with Gasteiger partial charge in [0.05, 0.1) is 40.3 Å². The lowest BCUT2D eigenvalue weighted by atomic mass is 10.0. The molecule has 0 aromatic carbocycles. The normalized spacial score (nSPS) is 13.7. The van der Waals surface area contributed by atoms with E-state index in [0.717, 1.165) is 135 Å². The molecule has 2 atom stereocenters. The van der Waals surface area contributed by atoms with E-state index in [1.165, 1.54) is 116 Å². The fourth-order valence-corrected chi connectivity index (χ4v) is 9.85. The molecule has 0 bridgehead atoms. The van der Waals surface area contributed by atoms with Gasteiger partial charge >= 0.3 is 11.9 Å². The van der Waals surface area contributed by atoms with Gasteiger partial charge in [0.15, 0.2) is 12.4 Å². The first-order valence-corrected chi connectivity index (χ1v) is 37.3. The van der Waals surface area contributed by atoms with Gasteiger partial charge in [0.2, 0.25) is 0 Å². The van der Waals surface area contributed by atoms with Gasteiger partial charge in [0, 0.05) is 12.8 Å². The molecule has 0 saturated heterocycles. The molecule has 2 unspecified atom stereocenters. The van der Waals surface area contributed by atoms with Gasteiger partial charge in [-0.25, -0.2) is 0 Å². The highest BCUT2D eigenvalue weighted by Crippen LogP contribution is 2.17. The van der Waals surface area contributed by atoms with E-state index in [9.17, 15) is 19.5 Å². The summed E-state index contributed by atoms with van der Waals surface area (Å²) in [6.45, 7) is 4.52. The van der Waals surface area contributed by atoms with Crippen molar-refractivity contribution in [2.45, 2.75) is 296 Å². The number of nitrogens with zero attached hydrogens (tertiary/aromatic N) is 1. The number of aliphatic carboxylic acids is 1. The van der Waals surface area contributed by atoms with Gasteiger partial charge in [0.1, 0.15) is 13.2 Å². The molecule has 0 aliphatic heterocycles. The molecule has 0 rings (SSSR count). The fourth-order valence-electron chi connectivity index (χ4n) is 9.85. The Morgan fingerprint density at radius 2 is 0.581 bits per heavy atom. The van der Waals surface area contributed by atoms with Gasteiger partial charge in [-0.05, 0) is 128 Å². The van der Waals surface area contributed by atoms with Crippen LogP contribution >= 0.6 is 0 Å². The molecule has 0 aliphatic carbocycles. The van der Waals surface area contributed by atoms with Crippen LogP contribution in [0.25, 0.3) is 0 Å². The summed E-state index contributed by atoms with van der Waals surface area (Å²) < 4.78 is 22.8. The minimum Gasteiger partial charge on any atom is -0.545 e. The van der Waals surface area contributed by atoms with Crippen molar-refractivity contribution in [3.63, 3.8) is 0 Å². The highest BCUT2D eigenvalue weighted by molar-refractivity contribution is 5.70. The molecule has 0 N–H and O–H groups in total. The van der Waals surface area contributed by atoms with Crippen molar-refractivity contribution in [3.8, 4) is 0 Å². The van der Waals surface area contributed by atoms with E-state index in [-0.39, 0.29) is 38.6 Å². The van der Waals surface area contributed by atoms with Crippen LogP contribution in [0.2, 0.25) is 0 Å². The fraction of sp³-hybridized carbons (Fsp3) is 0.631.